The van der Waals surface area contributed by atoms with Crippen molar-refractivity contribution in [1.29, 1.82) is 0 Å². The van der Waals surface area contributed by atoms with Crippen LogP contribution in [0.15, 0.2) is 6.33 Å². The molecule has 0 amide bonds. The smallest absolute Gasteiger partial charge is 0.390 e. The topological polar surface area (TPSA) is 73.8 Å². The number of hydrogen-bond donors (Lipinski definition) is 0. The molecule has 1 rings (SSSR count). The highest BCUT2D eigenvalue weighted by molar-refractivity contribution is 9.09. The molecule has 13 heavy (non-hydrogen) atoms. The summed E-state index contributed by atoms with van der Waals surface area (Å²) in [5.41, 5.74) is 0. The molecule has 1 aromatic heterocycles. The normalized spacial score (nSPS) is 12.8. The Bertz CT molecular complexity index is 301. The molecule has 0 saturated heterocycles. The Balaban J connectivity index is 2.64. The van der Waals surface area contributed by atoms with E-state index in [9.17, 15) is 10.1 Å². The molecule has 6 nitrogen and oxygen atoms in total. The van der Waals surface area contributed by atoms with Crippen molar-refractivity contribution in [3.8, 4) is 0 Å². The fourth-order valence-corrected chi connectivity index (χ4v) is 1.03. The maximum Gasteiger partial charge on any atom is 0.490 e. The van der Waals surface area contributed by atoms with Crippen LogP contribution in [0.25, 0.3) is 0 Å². The Morgan fingerprint density at radius 1 is 1.85 bits per heavy atom. The summed E-state index contributed by atoms with van der Waals surface area (Å²) in [5, 5.41) is 14.7. The van der Waals surface area contributed by atoms with Crippen LogP contribution in [0.1, 0.15) is 6.92 Å². The van der Waals surface area contributed by atoms with Crippen LogP contribution in [-0.2, 0) is 6.54 Å². The molecule has 0 N–H and O–H groups in total. The van der Waals surface area contributed by atoms with Crippen LogP contribution in [0.5, 0.6) is 0 Å². The summed E-state index contributed by atoms with van der Waals surface area (Å²) in [6, 6.07) is 0. The zero-order valence-corrected chi connectivity index (χ0v) is 8.64. The molecule has 1 heterocycles. The second-order valence-electron chi connectivity index (χ2n) is 2.78. The summed E-state index contributed by atoms with van der Waals surface area (Å²) < 4.78 is 1.48. The summed E-state index contributed by atoms with van der Waals surface area (Å²) in [5.74, 6) is 0.0306. The van der Waals surface area contributed by atoms with E-state index >= 15 is 0 Å². The predicted molar refractivity (Wildman–Crippen MR) is 49.6 cm³/mol. The Kier molecular flexibility index (Phi) is 3.35. The predicted octanol–water partition coefficient (Wildman–Crippen LogP) is 1.22. The lowest BCUT2D eigenvalue weighted by Crippen LogP contribution is -2.09. The Hall–Kier alpha value is -0.980. The molecule has 0 saturated carbocycles. The molecular weight excluding hydrogens is 240 g/mol. The second kappa shape index (κ2) is 4.31. The second-order valence-corrected chi connectivity index (χ2v) is 3.43. The minimum Gasteiger partial charge on any atom is -0.390 e. The van der Waals surface area contributed by atoms with Crippen LogP contribution in [0.3, 0.4) is 0 Å². The minimum atomic E-state index is -0.602. The van der Waals surface area contributed by atoms with Gasteiger partial charge < -0.3 is 10.1 Å². The molecular formula is C6H9BrN4O2. The third-order valence-corrected chi connectivity index (χ3v) is 2.56. The van der Waals surface area contributed by atoms with E-state index in [1.54, 1.807) is 0 Å². The average molecular weight is 249 g/mol. The molecule has 0 aliphatic heterocycles. The first-order valence-corrected chi connectivity index (χ1v) is 4.85. The highest BCUT2D eigenvalue weighted by Gasteiger charge is 2.14. The molecule has 0 aliphatic carbocycles. The maximum atomic E-state index is 10.2. The summed E-state index contributed by atoms with van der Waals surface area (Å²) in [6.07, 6.45) is 1.37. The van der Waals surface area contributed by atoms with Gasteiger partial charge in [0.05, 0.1) is 6.54 Å². The summed E-state index contributed by atoms with van der Waals surface area (Å²) in [4.78, 5) is 13.2. The monoisotopic (exact) mass is 248 g/mol. The van der Waals surface area contributed by atoms with E-state index in [2.05, 4.69) is 26.0 Å². The van der Waals surface area contributed by atoms with Crippen LogP contribution >= 0.6 is 15.9 Å². The van der Waals surface area contributed by atoms with Gasteiger partial charge in [-0.2, -0.15) is 4.68 Å². The largest absolute Gasteiger partial charge is 0.490 e. The Morgan fingerprint density at radius 2 is 2.54 bits per heavy atom. The third kappa shape index (κ3) is 2.76. The van der Waals surface area contributed by atoms with Crippen molar-refractivity contribution in [3.63, 3.8) is 0 Å². The molecule has 0 radical (unpaired) electrons. The van der Waals surface area contributed by atoms with Crippen molar-refractivity contribution in [2.24, 2.45) is 5.92 Å². The van der Waals surface area contributed by atoms with Crippen molar-refractivity contribution in [1.82, 2.24) is 14.8 Å². The zero-order valence-electron chi connectivity index (χ0n) is 7.05. The maximum absolute atomic E-state index is 10.2. The van der Waals surface area contributed by atoms with Gasteiger partial charge in [-0.05, 0) is 10.8 Å². The van der Waals surface area contributed by atoms with Gasteiger partial charge in [0, 0.05) is 10.4 Å². The fourth-order valence-electron chi connectivity index (χ4n) is 0.825. The molecule has 0 fully saturated rings. The summed E-state index contributed by atoms with van der Waals surface area (Å²) >= 11 is 3.31. The van der Waals surface area contributed by atoms with Gasteiger partial charge in [0.2, 0.25) is 6.33 Å². The van der Waals surface area contributed by atoms with Crippen molar-refractivity contribution in [2.75, 3.05) is 5.33 Å². The number of nitro groups is 1. The van der Waals surface area contributed by atoms with E-state index in [0.29, 0.717) is 12.5 Å². The fraction of sp³-hybridized carbons (Fsp3) is 0.667. The number of nitrogens with zero attached hydrogens (tertiary/aromatic N) is 4. The first-order chi connectivity index (χ1) is 6.13. The van der Waals surface area contributed by atoms with Gasteiger partial charge in [0.1, 0.15) is 0 Å². The lowest BCUT2D eigenvalue weighted by molar-refractivity contribution is -0.394. The van der Waals surface area contributed by atoms with E-state index in [-0.39, 0.29) is 5.95 Å². The molecule has 0 bridgehead atoms. The number of alkyl halides is 1. The van der Waals surface area contributed by atoms with Gasteiger partial charge in [-0.25, -0.2) is 0 Å². The van der Waals surface area contributed by atoms with Crippen LogP contribution in [0.2, 0.25) is 0 Å². The van der Waals surface area contributed by atoms with Crippen LogP contribution in [-0.4, -0.2) is 25.0 Å². The van der Waals surface area contributed by atoms with Gasteiger partial charge in [0.25, 0.3) is 0 Å². The van der Waals surface area contributed by atoms with Crippen molar-refractivity contribution in [3.05, 3.63) is 16.4 Å². The highest BCUT2D eigenvalue weighted by Crippen LogP contribution is 2.05. The van der Waals surface area contributed by atoms with Crippen LogP contribution in [0.4, 0.5) is 5.95 Å². The SMILES string of the molecule is CC(CBr)Cn1cnc([N+](=O)[O-])n1. The van der Waals surface area contributed by atoms with E-state index in [0.717, 1.165) is 5.33 Å². The Morgan fingerprint density at radius 3 is 3.00 bits per heavy atom. The van der Waals surface area contributed by atoms with E-state index in [1.807, 2.05) is 6.92 Å². The van der Waals surface area contributed by atoms with Gasteiger partial charge in [-0.15, -0.1) is 0 Å². The number of halogens is 1. The number of hydrogen-bond acceptors (Lipinski definition) is 4. The molecule has 1 atom stereocenters. The van der Waals surface area contributed by atoms with Crippen LogP contribution < -0.4 is 0 Å². The van der Waals surface area contributed by atoms with Gasteiger partial charge in [-0.1, -0.05) is 27.8 Å². The molecule has 7 heteroatoms. The lowest BCUT2D eigenvalue weighted by atomic mass is 10.2. The number of rotatable bonds is 4. The average Bonchev–Trinajstić information content (AvgIpc) is 2.52. The first kappa shape index (κ1) is 10.1. The molecule has 1 aromatic rings. The minimum absolute atomic E-state index is 0.346. The molecule has 1 unspecified atom stereocenters. The molecule has 72 valence electrons. The standard InChI is InChI=1S/C6H9BrN4O2/c1-5(2-7)3-10-4-8-6(9-10)11(12)13/h4-5H,2-3H2,1H3. The quantitative estimate of drug-likeness (QED) is 0.456. The molecule has 0 aromatic carbocycles. The van der Waals surface area contributed by atoms with E-state index < -0.39 is 4.92 Å². The van der Waals surface area contributed by atoms with E-state index in [4.69, 9.17) is 0 Å². The van der Waals surface area contributed by atoms with Gasteiger partial charge >= 0.3 is 5.95 Å². The van der Waals surface area contributed by atoms with Gasteiger partial charge in [0.15, 0.2) is 0 Å². The molecule has 0 aliphatic rings. The van der Waals surface area contributed by atoms with Crippen molar-refractivity contribution >= 4 is 21.9 Å². The summed E-state index contributed by atoms with van der Waals surface area (Å²) in [6.45, 7) is 2.65. The van der Waals surface area contributed by atoms with Crippen LogP contribution in [0, 0.1) is 16.0 Å². The van der Waals surface area contributed by atoms with Crippen molar-refractivity contribution < 1.29 is 4.92 Å². The van der Waals surface area contributed by atoms with Crippen molar-refractivity contribution in [2.45, 2.75) is 13.5 Å². The first-order valence-electron chi connectivity index (χ1n) is 3.73. The summed E-state index contributed by atoms with van der Waals surface area (Å²) in [7, 11) is 0. The lowest BCUT2D eigenvalue weighted by Gasteiger charge is -2.02. The molecule has 0 spiro atoms. The zero-order chi connectivity index (χ0) is 9.84. The number of aromatic nitrogens is 3. The highest BCUT2D eigenvalue weighted by atomic mass is 79.9. The third-order valence-electron chi connectivity index (χ3n) is 1.45. The Labute approximate surface area is 83.2 Å². The van der Waals surface area contributed by atoms with Gasteiger partial charge in [-0.3, -0.25) is 0 Å². The van der Waals surface area contributed by atoms with E-state index in [1.165, 1.54) is 11.0 Å².